The van der Waals surface area contributed by atoms with Crippen LogP contribution in [-0.2, 0) is 4.74 Å². The van der Waals surface area contributed by atoms with Crippen LogP contribution in [0.1, 0.15) is 11.8 Å². The fourth-order valence-corrected chi connectivity index (χ4v) is 3.53. The Labute approximate surface area is 161 Å². The highest BCUT2D eigenvalue weighted by Crippen LogP contribution is 2.25. The van der Waals surface area contributed by atoms with Crippen LogP contribution in [-0.4, -0.2) is 69.9 Å². The van der Waals surface area contributed by atoms with Crippen molar-refractivity contribution in [2.45, 2.75) is 6.10 Å². The lowest BCUT2D eigenvalue weighted by molar-refractivity contribution is 0.0250. The maximum Gasteiger partial charge on any atom is 0.227 e. The van der Waals surface area contributed by atoms with E-state index in [-0.39, 0.29) is 6.10 Å². The maximum absolute atomic E-state index is 5.92. The largest absolute Gasteiger partial charge is 0.369 e. The molecule has 0 bridgehead atoms. The molecular weight excluding hydrogens is 340 g/mol. The molecule has 144 valence electrons. The van der Waals surface area contributed by atoms with Crippen molar-refractivity contribution in [1.82, 2.24) is 15.3 Å². The molecule has 0 spiro atoms. The molecule has 1 unspecified atom stereocenters. The zero-order chi connectivity index (χ0) is 18.6. The molecule has 2 fully saturated rings. The van der Waals surface area contributed by atoms with Crippen molar-refractivity contribution in [3.05, 3.63) is 42.1 Å². The van der Waals surface area contributed by atoms with Gasteiger partial charge >= 0.3 is 0 Å². The zero-order valence-electron chi connectivity index (χ0n) is 16.1. The summed E-state index contributed by atoms with van der Waals surface area (Å²) in [5.74, 6) is 1.73. The predicted octanol–water partition coefficient (Wildman–Crippen LogP) is 1.53. The summed E-state index contributed by atoms with van der Waals surface area (Å²) in [6.07, 6.45) is -0.00944. The Kier molecular flexibility index (Phi) is 5.40. The lowest BCUT2D eigenvalue weighted by Gasteiger charge is -2.36. The van der Waals surface area contributed by atoms with Crippen LogP contribution in [0.5, 0.6) is 0 Å². The number of aromatic nitrogens is 2. The Balaban J connectivity index is 1.52. The molecule has 1 aromatic heterocycles. The van der Waals surface area contributed by atoms with Crippen LogP contribution in [0, 0.1) is 0 Å². The van der Waals surface area contributed by atoms with Crippen molar-refractivity contribution in [3.8, 4) is 0 Å². The van der Waals surface area contributed by atoms with Gasteiger partial charge in [0, 0.05) is 65.1 Å². The van der Waals surface area contributed by atoms with E-state index in [1.807, 2.05) is 25.1 Å². The molecule has 0 amide bonds. The van der Waals surface area contributed by atoms with Crippen molar-refractivity contribution >= 4 is 17.5 Å². The normalized spacial score (nSPS) is 20.6. The molecule has 0 radical (unpaired) electrons. The summed E-state index contributed by atoms with van der Waals surface area (Å²) >= 11 is 0. The SMILES string of the molecule is CN(C)c1cc(C2CNCCO2)nc(N2CCN(c3ccccc3)CC2)n1. The smallest absolute Gasteiger partial charge is 0.227 e. The summed E-state index contributed by atoms with van der Waals surface area (Å²) in [4.78, 5) is 16.4. The average Bonchev–Trinajstić information content (AvgIpc) is 2.75. The van der Waals surface area contributed by atoms with E-state index in [0.29, 0.717) is 0 Å². The Morgan fingerprint density at radius 2 is 1.78 bits per heavy atom. The van der Waals surface area contributed by atoms with Crippen molar-refractivity contribution in [1.29, 1.82) is 0 Å². The van der Waals surface area contributed by atoms with Gasteiger partial charge in [0.05, 0.1) is 12.3 Å². The average molecular weight is 368 g/mol. The number of anilines is 3. The van der Waals surface area contributed by atoms with Crippen molar-refractivity contribution in [3.63, 3.8) is 0 Å². The first kappa shape index (κ1) is 18.0. The van der Waals surface area contributed by atoms with Crippen molar-refractivity contribution < 1.29 is 4.74 Å². The lowest BCUT2D eigenvalue weighted by atomic mass is 10.2. The molecule has 27 heavy (non-hydrogen) atoms. The van der Waals surface area contributed by atoms with Gasteiger partial charge in [0.25, 0.3) is 0 Å². The van der Waals surface area contributed by atoms with Gasteiger partial charge in [-0.1, -0.05) is 18.2 Å². The number of nitrogens with zero attached hydrogens (tertiary/aromatic N) is 5. The van der Waals surface area contributed by atoms with E-state index in [0.717, 1.165) is 63.3 Å². The number of hydrogen-bond acceptors (Lipinski definition) is 7. The topological polar surface area (TPSA) is 56.8 Å². The van der Waals surface area contributed by atoms with Crippen LogP contribution in [0.4, 0.5) is 17.5 Å². The molecule has 7 nitrogen and oxygen atoms in total. The molecule has 2 saturated heterocycles. The second kappa shape index (κ2) is 8.10. The number of piperazine rings is 1. The minimum absolute atomic E-state index is 0.00944. The number of morpholine rings is 1. The molecule has 1 atom stereocenters. The van der Waals surface area contributed by atoms with E-state index < -0.39 is 0 Å². The quantitative estimate of drug-likeness (QED) is 0.878. The molecule has 7 heteroatoms. The number of ether oxygens (including phenoxy) is 1. The van der Waals surface area contributed by atoms with Gasteiger partial charge in [0.2, 0.25) is 5.95 Å². The summed E-state index contributed by atoms with van der Waals surface area (Å²) < 4.78 is 5.92. The summed E-state index contributed by atoms with van der Waals surface area (Å²) in [6.45, 7) is 6.18. The highest BCUT2D eigenvalue weighted by molar-refractivity contribution is 5.50. The van der Waals surface area contributed by atoms with Gasteiger partial charge < -0.3 is 24.8 Å². The Bertz CT molecular complexity index is 739. The molecule has 0 aliphatic carbocycles. The van der Waals surface area contributed by atoms with E-state index >= 15 is 0 Å². The Morgan fingerprint density at radius 3 is 2.44 bits per heavy atom. The number of hydrogen-bond donors (Lipinski definition) is 1. The van der Waals surface area contributed by atoms with Crippen LogP contribution in [0.25, 0.3) is 0 Å². The summed E-state index contributed by atoms with van der Waals surface area (Å²) in [6, 6.07) is 12.6. The molecule has 0 saturated carbocycles. The number of para-hydroxylation sites is 1. The fraction of sp³-hybridized carbons (Fsp3) is 0.500. The third kappa shape index (κ3) is 4.14. The van der Waals surface area contributed by atoms with Crippen LogP contribution >= 0.6 is 0 Å². The Hall–Kier alpha value is -2.38. The summed E-state index contributed by atoms with van der Waals surface area (Å²) in [5.41, 5.74) is 2.24. The van der Waals surface area contributed by atoms with Gasteiger partial charge in [0.15, 0.2) is 0 Å². The Morgan fingerprint density at radius 1 is 1.04 bits per heavy atom. The van der Waals surface area contributed by atoms with Crippen LogP contribution < -0.4 is 20.0 Å². The van der Waals surface area contributed by atoms with E-state index in [9.17, 15) is 0 Å². The molecule has 2 aliphatic heterocycles. The second-order valence-electron chi connectivity index (χ2n) is 7.22. The fourth-order valence-electron chi connectivity index (χ4n) is 3.53. The minimum Gasteiger partial charge on any atom is -0.369 e. The monoisotopic (exact) mass is 368 g/mol. The van der Waals surface area contributed by atoms with E-state index in [4.69, 9.17) is 14.7 Å². The van der Waals surface area contributed by atoms with Gasteiger partial charge in [-0.2, -0.15) is 4.98 Å². The second-order valence-corrected chi connectivity index (χ2v) is 7.22. The third-order valence-corrected chi connectivity index (χ3v) is 5.12. The molecule has 2 aliphatic rings. The van der Waals surface area contributed by atoms with Crippen LogP contribution in [0.3, 0.4) is 0 Å². The first-order chi connectivity index (χ1) is 13.2. The van der Waals surface area contributed by atoms with E-state index in [2.05, 4.69) is 45.4 Å². The standard InChI is InChI=1S/C20H28N6O/c1-24(2)19-14-17(18-15-21-8-13-27-18)22-20(23-19)26-11-9-25(10-12-26)16-6-4-3-5-7-16/h3-7,14,18,21H,8-13,15H2,1-2H3. The number of nitrogens with one attached hydrogen (secondary N) is 1. The summed E-state index contributed by atoms with van der Waals surface area (Å²) in [5, 5.41) is 3.39. The van der Waals surface area contributed by atoms with E-state index in [1.54, 1.807) is 0 Å². The van der Waals surface area contributed by atoms with Gasteiger partial charge in [-0.05, 0) is 12.1 Å². The van der Waals surface area contributed by atoms with Gasteiger partial charge in [-0.25, -0.2) is 4.98 Å². The van der Waals surface area contributed by atoms with Gasteiger partial charge in [-0.15, -0.1) is 0 Å². The molecule has 1 aromatic carbocycles. The molecule has 1 N–H and O–H groups in total. The van der Waals surface area contributed by atoms with E-state index in [1.165, 1.54) is 5.69 Å². The third-order valence-electron chi connectivity index (χ3n) is 5.12. The van der Waals surface area contributed by atoms with Gasteiger partial charge in [0.1, 0.15) is 11.9 Å². The zero-order valence-corrected chi connectivity index (χ0v) is 16.1. The molecular formula is C20H28N6O. The van der Waals surface area contributed by atoms with Gasteiger partial charge in [-0.3, -0.25) is 0 Å². The number of rotatable bonds is 4. The first-order valence-corrected chi connectivity index (χ1v) is 9.64. The van der Waals surface area contributed by atoms with Crippen molar-refractivity contribution in [2.24, 2.45) is 0 Å². The highest BCUT2D eigenvalue weighted by atomic mass is 16.5. The first-order valence-electron chi connectivity index (χ1n) is 9.64. The molecule has 4 rings (SSSR count). The minimum atomic E-state index is -0.00944. The number of benzene rings is 1. The highest BCUT2D eigenvalue weighted by Gasteiger charge is 2.24. The van der Waals surface area contributed by atoms with Crippen LogP contribution in [0.2, 0.25) is 0 Å². The van der Waals surface area contributed by atoms with Crippen molar-refractivity contribution in [2.75, 3.05) is 74.7 Å². The molecule has 3 heterocycles. The molecule has 2 aromatic rings. The lowest BCUT2D eigenvalue weighted by Crippen LogP contribution is -2.47. The summed E-state index contributed by atoms with van der Waals surface area (Å²) in [7, 11) is 4.03. The maximum atomic E-state index is 5.92. The van der Waals surface area contributed by atoms with Crippen LogP contribution in [0.15, 0.2) is 36.4 Å². The predicted molar refractivity (Wildman–Crippen MR) is 109 cm³/mol.